The lowest BCUT2D eigenvalue weighted by Gasteiger charge is -2.27. The van der Waals surface area contributed by atoms with Crippen LogP contribution in [0.1, 0.15) is 22.3 Å². The molecule has 6 rings (SSSR count). The average Bonchev–Trinajstić information content (AvgIpc) is 3.39. The lowest BCUT2D eigenvalue weighted by Crippen LogP contribution is -2.45. The van der Waals surface area contributed by atoms with Gasteiger partial charge in [-0.05, 0) is 22.3 Å². The van der Waals surface area contributed by atoms with Crippen molar-refractivity contribution in [3.8, 4) is 0 Å². The first-order chi connectivity index (χ1) is 19.3. The van der Waals surface area contributed by atoms with Crippen LogP contribution in [0.3, 0.4) is 0 Å². The smallest absolute Gasteiger partial charge is 0.314 e. The minimum Gasteiger partial charge on any atom is -0.314 e. The van der Waals surface area contributed by atoms with E-state index in [0.29, 0.717) is 32.3 Å². The first kappa shape index (κ1) is 26.3. The Bertz CT molecular complexity index is 1350. The van der Waals surface area contributed by atoms with Crippen LogP contribution in [0.5, 0.6) is 0 Å². The molecule has 2 aliphatic rings. The zero-order valence-electron chi connectivity index (χ0n) is 21.2. The third-order valence-electron chi connectivity index (χ3n) is 6.93. The van der Waals surface area contributed by atoms with Gasteiger partial charge in [0, 0.05) is 0 Å². The molecule has 6 N–H and O–H groups in total. The fourth-order valence-electron chi connectivity index (χ4n) is 4.96. The molecule has 2 heterocycles. The fourth-order valence-corrected chi connectivity index (χ4v) is 4.96. The lowest BCUT2D eigenvalue weighted by molar-refractivity contribution is -0.131. The van der Waals surface area contributed by atoms with Crippen LogP contribution in [0.4, 0.5) is 9.59 Å². The van der Waals surface area contributed by atoms with Crippen molar-refractivity contribution in [2.45, 2.75) is 11.1 Å². The molecule has 2 fully saturated rings. The van der Waals surface area contributed by atoms with E-state index in [1.165, 1.54) is 0 Å². The summed E-state index contributed by atoms with van der Waals surface area (Å²) in [7, 11) is 0. The summed E-state index contributed by atoms with van der Waals surface area (Å²) in [5.41, 5.74) is 0.202. The van der Waals surface area contributed by atoms with E-state index in [9.17, 15) is 19.2 Å². The first-order valence-electron chi connectivity index (χ1n) is 12.4. The number of carbonyl (C=O) groups is 4. The van der Waals surface area contributed by atoms with Crippen LogP contribution in [-0.4, -0.2) is 33.9 Å². The first-order valence-corrected chi connectivity index (χ1v) is 12.4. The second-order valence-corrected chi connectivity index (χ2v) is 9.17. The number of urea groups is 2. The average molecular weight is 535 g/mol. The van der Waals surface area contributed by atoms with Crippen molar-refractivity contribution in [3.63, 3.8) is 0 Å². The van der Waals surface area contributed by atoms with Crippen molar-refractivity contribution >= 4 is 23.9 Å². The van der Waals surface area contributed by atoms with Crippen LogP contribution >= 0.6 is 0 Å². The molecule has 10 heteroatoms. The van der Waals surface area contributed by atoms with E-state index in [1.807, 2.05) is 72.8 Å². The van der Waals surface area contributed by atoms with Crippen molar-refractivity contribution in [2.24, 2.45) is 11.7 Å². The molecule has 40 heavy (non-hydrogen) atoms. The number of nitrogens with zero attached hydrogens (tertiary/aromatic N) is 2. The maximum atomic E-state index is 12.6. The summed E-state index contributed by atoms with van der Waals surface area (Å²) in [5, 5.41) is 6.67. The number of benzene rings is 4. The highest BCUT2D eigenvalue weighted by atomic mass is 16.2. The van der Waals surface area contributed by atoms with E-state index in [-0.39, 0.29) is 0 Å². The summed E-state index contributed by atoms with van der Waals surface area (Å²) >= 11 is 0. The molecule has 0 unspecified atom stereocenters. The van der Waals surface area contributed by atoms with Crippen LogP contribution in [-0.2, 0) is 20.7 Å². The summed E-state index contributed by atoms with van der Waals surface area (Å²) in [6.07, 6.45) is 0. The van der Waals surface area contributed by atoms with Gasteiger partial charge in [-0.25, -0.2) is 21.3 Å². The van der Waals surface area contributed by atoms with E-state index < -0.39 is 35.0 Å². The van der Waals surface area contributed by atoms with Gasteiger partial charge in [0.15, 0.2) is 11.1 Å². The Labute approximate surface area is 230 Å². The number of amides is 6. The number of nitrogens with two attached hydrogens (primary N) is 2. The highest BCUT2D eigenvalue weighted by Crippen LogP contribution is 2.36. The van der Waals surface area contributed by atoms with Crippen molar-refractivity contribution in [2.75, 3.05) is 0 Å². The molecule has 0 atom stereocenters. The quantitative estimate of drug-likeness (QED) is 0.180. The second-order valence-electron chi connectivity index (χ2n) is 9.17. The molecule has 200 valence electrons. The molecule has 2 aliphatic heterocycles. The maximum absolute atomic E-state index is 12.6. The standard InChI is InChI=1S/2C15H13N3O2/c2*16-18-13(19)15(17-14(18)20,11-7-3-1-4-8-11)12-9-5-2-6-10-12/h2*1-10H,16H2,(H,17,20). The van der Waals surface area contributed by atoms with Gasteiger partial charge >= 0.3 is 12.1 Å². The topological polar surface area (TPSA) is 151 Å². The molecule has 0 spiro atoms. The zero-order valence-corrected chi connectivity index (χ0v) is 21.2. The molecule has 10 nitrogen and oxygen atoms in total. The SMILES string of the molecule is NN1C(=O)NC(c2ccccc2)(c2ccccc2)C1=O.NN1C(=O)NC(c2ccccc2)(c2ccccc2)C1=O. The molecule has 0 saturated carbocycles. The number of rotatable bonds is 4. The Morgan fingerprint density at radius 3 is 0.825 bits per heavy atom. The molecule has 0 radical (unpaired) electrons. The highest BCUT2D eigenvalue weighted by Gasteiger charge is 2.54. The molecule has 0 aromatic heterocycles. The third kappa shape index (κ3) is 4.17. The number of nitrogens with one attached hydrogen (secondary N) is 2. The normalized spacial score (nSPS) is 17.1. The van der Waals surface area contributed by atoms with Crippen LogP contribution in [0, 0.1) is 0 Å². The Morgan fingerprint density at radius 1 is 0.425 bits per heavy atom. The van der Waals surface area contributed by atoms with Crippen molar-refractivity contribution in [3.05, 3.63) is 144 Å². The molecule has 2 saturated heterocycles. The number of hydrogen-bond donors (Lipinski definition) is 4. The van der Waals surface area contributed by atoms with Crippen molar-refractivity contribution in [1.82, 2.24) is 20.7 Å². The van der Waals surface area contributed by atoms with Gasteiger partial charge in [0.05, 0.1) is 0 Å². The summed E-state index contributed by atoms with van der Waals surface area (Å²) < 4.78 is 0. The summed E-state index contributed by atoms with van der Waals surface area (Å²) in [6, 6.07) is 35.1. The summed E-state index contributed by atoms with van der Waals surface area (Å²) in [4.78, 5) is 48.7. The second kappa shape index (κ2) is 10.4. The molecule has 0 aliphatic carbocycles. The Hall–Kier alpha value is -5.32. The minimum absolute atomic E-state index is 0.486. The van der Waals surface area contributed by atoms with E-state index >= 15 is 0 Å². The minimum atomic E-state index is -1.26. The van der Waals surface area contributed by atoms with E-state index in [1.54, 1.807) is 48.5 Å². The van der Waals surface area contributed by atoms with Gasteiger partial charge in [-0.15, -0.1) is 0 Å². The molecule has 6 amide bonds. The zero-order chi connectivity index (χ0) is 28.3. The predicted molar refractivity (Wildman–Crippen MR) is 146 cm³/mol. The highest BCUT2D eigenvalue weighted by molar-refractivity contribution is 6.09. The van der Waals surface area contributed by atoms with E-state index in [0.717, 1.165) is 0 Å². The molecular formula is C30H26N6O4. The third-order valence-corrected chi connectivity index (χ3v) is 6.93. The Balaban J connectivity index is 0.000000161. The number of carbonyl (C=O) groups excluding carboxylic acids is 4. The van der Waals surface area contributed by atoms with Gasteiger partial charge in [0.25, 0.3) is 11.8 Å². The van der Waals surface area contributed by atoms with Gasteiger partial charge in [-0.1, -0.05) is 121 Å². The van der Waals surface area contributed by atoms with Crippen LogP contribution in [0.25, 0.3) is 0 Å². The predicted octanol–water partition coefficient (Wildman–Crippen LogP) is 2.71. The lowest BCUT2D eigenvalue weighted by atomic mass is 9.83. The molecular weight excluding hydrogens is 508 g/mol. The van der Waals surface area contributed by atoms with E-state index in [2.05, 4.69) is 10.6 Å². The van der Waals surface area contributed by atoms with Crippen LogP contribution in [0.15, 0.2) is 121 Å². The Kier molecular flexibility index (Phi) is 6.87. The molecule has 4 aromatic carbocycles. The molecule has 0 bridgehead atoms. The van der Waals surface area contributed by atoms with Gasteiger partial charge in [-0.2, -0.15) is 10.0 Å². The van der Waals surface area contributed by atoms with Gasteiger partial charge in [-0.3, -0.25) is 9.59 Å². The largest absolute Gasteiger partial charge is 0.340 e. The Morgan fingerprint density at radius 2 is 0.650 bits per heavy atom. The molecule has 4 aromatic rings. The van der Waals surface area contributed by atoms with Crippen LogP contribution in [0.2, 0.25) is 0 Å². The van der Waals surface area contributed by atoms with Gasteiger partial charge < -0.3 is 10.6 Å². The van der Waals surface area contributed by atoms with Crippen LogP contribution < -0.4 is 22.3 Å². The number of imide groups is 2. The number of hydrogen-bond acceptors (Lipinski definition) is 6. The van der Waals surface area contributed by atoms with E-state index in [4.69, 9.17) is 11.7 Å². The fraction of sp³-hybridized carbons (Fsp3) is 0.0667. The number of hydrazine groups is 2. The van der Waals surface area contributed by atoms with Gasteiger partial charge in [0.1, 0.15) is 0 Å². The summed E-state index contributed by atoms with van der Waals surface area (Å²) in [5.74, 6) is 10.1. The maximum Gasteiger partial charge on any atom is 0.340 e. The monoisotopic (exact) mass is 534 g/mol. The van der Waals surface area contributed by atoms with Crippen molar-refractivity contribution < 1.29 is 19.2 Å². The summed E-state index contributed by atoms with van der Waals surface area (Å²) in [6.45, 7) is 0. The van der Waals surface area contributed by atoms with Gasteiger partial charge in [0.2, 0.25) is 0 Å². The van der Waals surface area contributed by atoms with Crippen molar-refractivity contribution in [1.29, 1.82) is 0 Å².